The van der Waals surface area contributed by atoms with E-state index in [-0.39, 0.29) is 16.9 Å². The first-order valence-corrected chi connectivity index (χ1v) is 6.70. The zero-order valence-corrected chi connectivity index (χ0v) is 12.1. The van der Waals surface area contributed by atoms with Gasteiger partial charge in [-0.25, -0.2) is 4.98 Å². The van der Waals surface area contributed by atoms with Crippen molar-refractivity contribution in [2.45, 2.75) is 32.5 Å². The van der Waals surface area contributed by atoms with Crippen LogP contribution >= 0.6 is 23.2 Å². The Bertz CT molecular complexity index is 422. The first-order chi connectivity index (χ1) is 8.74. The third kappa shape index (κ3) is 5.07. The second-order valence-electron chi connectivity index (χ2n) is 4.68. The van der Waals surface area contributed by atoms with Crippen molar-refractivity contribution < 1.29 is 13.2 Å². The minimum atomic E-state index is -4.45. The molecule has 1 heterocycles. The summed E-state index contributed by atoms with van der Waals surface area (Å²) in [5.74, 6) is 0.961. The largest absolute Gasteiger partial charge is 0.417 e. The number of anilines is 1. The molecule has 1 N–H and O–H groups in total. The molecule has 1 unspecified atom stereocenters. The molecular weight excluding hydrogens is 300 g/mol. The Morgan fingerprint density at radius 2 is 2.00 bits per heavy atom. The first-order valence-electron chi connectivity index (χ1n) is 5.79. The summed E-state index contributed by atoms with van der Waals surface area (Å²) in [6, 6.07) is 0.779. The third-order valence-electron chi connectivity index (χ3n) is 2.45. The fourth-order valence-corrected chi connectivity index (χ4v) is 2.05. The molecule has 0 radical (unpaired) electrons. The summed E-state index contributed by atoms with van der Waals surface area (Å²) in [6.07, 6.45) is -2.91. The van der Waals surface area contributed by atoms with Gasteiger partial charge in [-0.3, -0.25) is 0 Å². The van der Waals surface area contributed by atoms with Crippen LogP contribution in [0.5, 0.6) is 0 Å². The second kappa shape index (κ2) is 6.66. The average Bonchev–Trinajstić information content (AvgIpc) is 2.28. The Balaban J connectivity index is 2.85. The number of rotatable bonds is 5. The normalized spacial score (nSPS) is 13.7. The maximum atomic E-state index is 12.5. The summed E-state index contributed by atoms with van der Waals surface area (Å²) in [5, 5.41) is 2.90. The minimum absolute atomic E-state index is 0.0614. The highest BCUT2D eigenvalue weighted by Crippen LogP contribution is 2.32. The fourth-order valence-electron chi connectivity index (χ4n) is 1.62. The zero-order valence-electron chi connectivity index (χ0n) is 10.6. The fraction of sp³-hybridized carbons (Fsp3) is 0.583. The molecule has 0 aliphatic carbocycles. The molecule has 0 aliphatic rings. The van der Waals surface area contributed by atoms with Gasteiger partial charge in [-0.1, -0.05) is 25.4 Å². The maximum Gasteiger partial charge on any atom is 0.417 e. The smallest absolute Gasteiger partial charge is 0.365 e. The van der Waals surface area contributed by atoms with E-state index in [0.29, 0.717) is 11.8 Å². The van der Waals surface area contributed by atoms with Crippen LogP contribution in [-0.2, 0) is 6.18 Å². The van der Waals surface area contributed by atoms with E-state index in [1.165, 1.54) is 0 Å². The predicted octanol–water partition coefficient (Wildman–Crippen LogP) is 4.82. The highest BCUT2D eigenvalue weighted by atomic mass is 35.5. The van der Waals surface area contributed by atoms with Gasteiger partial charge in [-0.2, -0.15) is 13.2 Å². The van der Waals surface area contributed by atoms with E-state index >= 15 is 0 Å². The van der Waals surface area contributed by atoms with E-state index in [9.17, 15) is 13.2 Å². The summed E-state index contributed by atoms with van der Waals surface area (Å²) >= 11 is 11.6. The number of hydrogen-bond acceptors (Lipinski definition) is 2. The topological polar surface area (TPSA) is 24.9 Å². The van der Waals surface area contributed by atoms with Crippen molar-refractivity contribution in [1.82, 2.24) is 4.98 Å². The molecule has 108 valence electrons. The molecule has 19 heavy (non-hydrogen) atoms. The SMILES string of the molecule is CC(C)CC(CCl)Nc1ncc(C(F)(F)F)cc1Cl. The molecule has 7 heteroatoms. The van der Waals surface area contributed by atoms with Gasteiger partial charge >= 0.3 is 6.18 Å². The summed E-state index contributed by atoms with van der Waals surface area (Å²) in [6.45, 7) is 4.06. The highest BCUT2D eigenvalue weighted by molar-refractivity contribution is 6.33. The predicted molar refractivity (Wildman–Crippen MR) is 71.8 cm³/mol. The quantitative estimate of drug-likeness (QED) is 0.788. The van der Waals surface area contributed by atoms with Crippen LogP contribution < -0.4 is 5.32 Å². The van der Waals surface area contributed by atoms with Crippen LogP contribution in [0.3, 0.4) is 0 Å². The molecule has 0 saturated carbocycles. The first kappa shape index (κ1) is 16.4. The Morgan fingerprint density at radius 1 is 1.37 bits per heavy atom. The number of pyridine rings is 1. The molecule has 0 aliphatic heterocycles. The van der Waals surface area contributed by atoms with Crippen molar-refractivity contribution in [3.8, 4) is 0 Å². The van der Waals surface area contributed by atoms with E-state index in [1.807, 2.05) is 13.8 Å². The number of alkyl halides is 4. The van der Waals surface area contributed by atoms with E-state index in [1.54, 1.807) is 0 Å². The average molecular weight is 315 g/mol. The molecule has 0 saturated heterocycles. The van der Waals surface area contributed by atoms with Crippen molar-refractivity contribution in [2.24, 2.45) is 5.92 Å². The zero-order chi connectivity index (χ0) is 14.6. The van der Waals surface area contributed by atoms with Crippen molar-refractivity contribution in [3.63, 3.8) is 0 Å². The number of nitrogens with one attached hydrogen (secondary N) is 1. The van der Waals surface area contributed by atoms with Crippen LogP contribution in [0.2, 0.25) is 5.02 Å². The lowest BCUT2D eigenvalue weighted by molar-refractivity contribution is -0.137. The Kier molecular flexibility index (Phi) is 5.74. The van der Waals surface area contributed by atoms with Gasteiger partial charge in [0.15, 0.2) is 0 Å². The Hall–Kier alpha value is -0.680. The second-order valence-corrected chi connectivity index (χ2v) is 5.39. The third-order valence-corrected chi connectivity index (χ3v) is 3.11. The lowest BCUT2D eigenvalue weighted by Crippen LogP contribution is -2.24. The number of nitrogens with zero attached hydrogens (tertiary/aromatic N) is 1. The van der Waals surface area contributed by atoms with E-state index in [4.69, 9.17) is 23.2 Å². The van der Waals surface area contributed by atoms with Crippen molar-refractivity contribution in [2.75, 3.05) is 11.2 Å². The summed E-state index contributed by atoms with van der Waals surface area (Å²) in [7, 11) is 0. The van der Waals surface area contributed by atoms with Crippen LogP contribution in [-0.4, -0.2) is 16.9 Å². The van der Waals surface area contributed by atoms with Gasteiger partial charge in [0.05, 0.1) is 10.6 Å². The molecule has 1 aromatic heterocycles. The molecular formula is C12H15Cl2F3N2. The molecule has 1 rings (SSSR count). The van der Waals surface area contributed by atoms with Gasteiger partial charge < -0.3 is 5.32 Å². The summed E-state index contributed by atoms with van der Waals surface area (Å²) < 4.78 is 37.4. The molecule has 0 bridgehead atoms. The van der Waals surface area contributed by atoms with E-state index in [2.05, 4.69) is 10.3 Å². The molecule has 0 aromatic carbocycles. The number of hydrogen-bond donors (Lipinski definition) is 1. The van der Waals surface area contributed by atoms with Crippen LogP contribution in [0.15, 0.2) is 12.3 Å². The standard InChI is InChI=1S/C12H15Cl2F3N2/c1-7(2)3-9(5-13)19-11-10(14)4-8(6-18-11)12(15,16)17/h4,6-7,9H,3,5H2,1-2H3,(H,18,19). The van der Waals surface area contributed by atoms with Gasteiger partial charge in [-0.05, 0) is 18.4 Å². The van der Waals surface area contributed by atoms with Gasteiger partial charge in [0.1, 0.15) is 5.82 Å². The summed E-state index contributed by atoms with van der Waals surface area (Å²) in [4.78, 5) is 3.72. The number of halogens is 5. The van der Waals surface area contributed by atoms with Crippen LogP contribution in [0.4, 0.5) is 19.0 Å². The number of aromatic nitrogens is 1. The van der Waals surface area contributed by atoms with Gasteiger partial charge in [0.2, 0.25) is 0 Å². The molecule has 0 fully saturated rings. The monoisotopic (exact) mass is 314 g/mol. The van der Waals surface area contributed by atoms with Gasteiger partial charge in [0, 0.05) is 18.1 Å². The molecule has 0 spiro atoms. The van der Waals surface area contributed by atoms with Gasteiger partial charge in [0.25, 0.3) is 0 Å². The van der Waals surface area contributed by atoms with Crippen molar-refractivity contribution in [3.05, 3.63) is 22.8 Å². The maximum absolute atomic E-state index is 12.5. The highest BCUT2D eigenvalue weighted by Gasteiger charge is 2.31. The lowest BCUT2D eigenvalue weighted by atomic mass is 10.1. The van der Waals surface area contributed by atoms with E-state index < -0.39 is 11.7 Å². The summed E-state index contributed by atoms with van der Waals surface area (Å²) in [5.41, 5.74) is -0.866. The minimum Gasteiger partial charge on any atom is -0.365 e. The van der Waals surface area contributed by atoms with Crippen LogP contribution in [0, 0.1) is 5.92 Å². The Morgan fingerprint density at radius 3 is 2.42 bits per heavy atom. The molecule has 2 nitrogen and oxygen atoms in total. The van der Waals surface area contributed by atoms with Crippen LogP contribution in [0.25, 0.3) is 0 Å². The molecule has 1 atom stereocenters. The van der Waals surface area contributed by atoms with Crippen LogP contribution in [0.1, 0.15) is 25.8 Å². The van der Waals surface area contributed by atoms with E-state index in [0.717, 1.165) is 18.7 Å². The lowest BCUT2D eigenvalue weighted by Gasteiger charge is -2.19. The van der Waals surface area contributed by atoms with Crippen molar-refractivity contribution in [1.29, 1.82) is 0 Å². The Labute approximate surface area is 120 Å². The van der Waals surface area contributed by atoms with Crippen molar-refractivity contribution >= 4 is 29.0 Å². The van der Waals surface area contributed by atoms with Gasteiger partial charge in [-0.15, -0.1) is 11.6 Å². The molecule has 0 amide bonds. The molecule has 1 aromatic rings.